The highest BCUT2D eigenvalue weighted by Crippen LogP contribution is 2.21. The van der Waals surface area contributed by atoms with E-state index < -0.39 is 11.6 Å². The summed E-state index contributed by atoms with van der Waals surface area (Å²) in [6, 6.07) is 0.875. The first-order valence-electron chi connectivity index (χ1n) is 7.12. The van der Waals surface area contributed by atoms with E-state index in [1.54, 1.807) is 0 Å². The Morgan fingerprint density at radius 2 is 2.00 bits per heavy atom. The molecule has 0 saturated carbocycles. The van der Waals surface area contributed by atoms with Crippen LogP contribution in [0.25, 0.3) is 0 Å². The van der Waals surface area contributed by atoms with E-state index in [2.05, 4.69) is 27.6 Å². The summed E-state index contributed by atoms with van der Waals surface area (Å²) < 4.78 is 27.2. The Labute approximate surface area is 118 Å². The normalized spacial score (nSPS) is 19.9. The zero-order valence-electron chi connectivity index (χ0n) is 12.0. The van der Waals surface area contributed by atoms with Gasteiger partial charge in [0.25, 0.3) is 0 Å². The number of nitrogens with one attached hydrogen (secondary N) is 2. The van der Waals surface area contributed by atoms with Crippen molar-refractivity contribution in [3.8, 4) is 0 Å². The third-order valence-corrected chi connectivity index (χ3v) is 3.55. The molecule has 4 nitrogen and oxygen atoms in total. The molecular formula is C14H22F2N4. The number of halogens is 2. The Kier molecular flexibility index (Phi) is 5.11. The summed E-state index contributed by atoms with van der Waals surface area (Å²) in [5, 5.41) is 5.80. The van der Waals surface area contributed by atoms with Crippen LogP contribution >= 0.6 is 0 Å². The van der Waals surface area contributed by atoms with Gasteiger partial charge in [-0.05, 0) is 39.3 Å². The fourth-order valence-corrected chi connectivity index (χ4v) is 2.56. The molecule has 0 aromatic carbocycles. The number of likely N-dealkylation sites (tertiary alicyclic amines) is 1. The van der Waals surface area contributed by atoms with Gasteiger partial charge in [0, 0.05) is 25.7 Å². The first kappa shape index (κ1) is 15.0. The van der Waals surface area contributed by atoms with Crippen LogP contribution in [0.5, 0.6) is 0 Å². The number of piperidine rings is 1. The molecular weight excluding hydrogens is 262 g/mol. The van der Waals surface area contributed by atoms with Crippen molar-refractivity contribution in [2.45, 2.75) is 19.8 Å². The zero-order valence-corrected chi connectivity index (χ0v) is 12.0. The Hall–Kier alpha value is -1.43. The number of rotatable bonds is 5. The number of pyridine rings is 1. The minimum atomic E-state index is -0.660. The summed E-state index contributed by atoms with van der Waals surface area (Å²) >= 11 is 0. The third-order valence-electron chi connectivity index (χ3n) is 3.55. The molecule has 1 aromatic rings. The maximum absolute atomic E-state index is 13.7. The molecule has 6 heteroatoms. The van der Waals surface area contributed by atoms with E-state index in [4.69, 9.17) is 0 Å². The average molecular weight is 284 g/mol. The van der Waals surface area contributed by atoms with Crippen LogP contribution in [0.2, 0.25) is 0 Å². The van der Waals surface area contributed by atoms with Crippen molar-refractivity contribution in [2.24, 2.45) is 5.92 Å². The third kappa shape index (κ3) is 3.79. The van der Waals surface area contributed by atoms with Crippen molar-refractivity contribution in [3.63, 3.8) is 0 Å². The van der Waals surface area contributed by atoms with Crippen LogP contribution in [0, 0.1) is 17.6 Å². The fraction of sp³-hybridized carbons (Fsp3) is 0.643. The standard InChI is InChI=1S/C14H22F2N4/c1-3-17-13-11(15)7-12(16)14(19-13)18-8-10-5-4-6-20(2)9-10/h7,10H,3-6,8-9H2,1-2H3,(H2,17,18,19). The molecule has 2 heterocycles. The lowest BCUT2D eigenvalue weighted by Crippen LogP contribution is -2.35. The van der Waals surface area contributed by atoms with E-state index in [9.17, 15) is 8.78 Å². The number of hydrogen-bond donors (Lipinski definition) is 2. The molecule has 1 aliphatic heterocycles. The van der Waals surface area contributed by atoms with E-state index in [-0.39, 0.29) is 11.6 Å². The van der Waals surface area contributed by atoms with Crippen molar-refractivity contribution in [3.05, 3.63) is 17.7 Å². The molecule has 1 atom stereocenters. The maximum atomic E-state index is 13.7. The van der Waals surface area contributed by atoms with E-state index in [1.165, 1.54) is 0 Å². The highest BCUT2D eigenvalue weighted by molar-refractivity contribution is 5.47. The molecule has 20 heavy (non-hydrogen) atoms. The van der Waals surface area contributed by atoms with E-state index in [0.29, 0.717) is 19.0 Å². The Morgan fingerprint density at radius 1 is 1.30 bits per heavy atom. The minimum Gasteiger partial charge on any atom is -0.368 e. The monoisotopic (exact) mass is 284 g/mol. The lowest BCUT2D eigenvalue weighted by Gasteiger charge is -2.29. The number of anilines is 2. The molecule has 1 aromatic heterocycles. The van der Waals surface area contributed by atoms with Gasteiger partial charge in [-0.3, -0.25) is 0 Å². The lowest BCUT2D eigenvalue weighted by atomic mass is 9.98. The molecule has 1 saturated heterocycles. The van der Waals surface area contributed by atoms with Crippen LogP contribution in [0.4, 0.5) is 20.4 Å². The van der Waals surface area contributed by atoms with Crippen molar-refractivity contribution < 1.29 is 8.78 Å². The minimum absolute atomic E-state index is 0.0946. The van der Waals surface area contributed by atoms with Gasteiger partial charge in [-0.2, -0.15) is 0 Å². The van der Waals surface area contributed by atoms with Gasteiger partial charge in [-0.25, -0.2) is 13.8 Å². The number of aromatic nitrogens is 1. The molecule has 1 fully saturated rings. The second kappa shape index (κ2) is 6.83. The fourth-order valence-electron chi connectivity index (χ4n) is 2.56. The summed E-state index contributed by atoms with van der Waals surface area (Å²) in [6.07, 6.45) is 2.28. The second-order valence-electron chi connectivity index (χ2n) is 5.33. The maximum Gasteiger partial charge on any atom is 0.168 e. The molecule has 0 amide bonds. The number of nitrogens with zero attached hydrogens (tertiary/aromatic N) is 2. The summed E-state index contributed by atoms with van der Waals surface area (Å²) in [5.41, 5.74) is 0. The molecule has 0 radical (unpaired) electrons. The smallest absolute Gasteiger partial charge is 0.168 e. The van der Waals surface area contributed by atoms with E-state index in [1.807, 2.05) is 6.92 Å². The van der Waals surface area contributed by atoms with Crippen LogP contribution in [0.15, 0.2) is 6.07 Å². The Balaban J connectivity index is 1.99. The van der Waals surface area contributed by atoms with Gasteiger partial charge in [-0.15, -0.1) is 0 Å². The van der Waals surface area contributed by atoms with Gasteiger partial charge in [-0.1, -0.05) is 0 Å². The zero-order chi connectivity index (χ0) is 14.5. The molecule has 1 aliphatic rings. The first-order chi connectivity index (χ1) is 9.60. The molecule has 112 valence electrons. The largest absolute Gasteiger partial charge is 0.368 e. The SMILES string of the molecule is CCNc1nc(NCC2CCCN(C)C2)c(F)cc1F. The van der Waals surface area contributed by atoms with E-state index >= 15 is 0 Å². The summed E-state index contributed by atoms with van der Waals surface area (Å²) in [5.74, 6) is -0.615. The molecule has 1 unspecified atom stereocenters. The summed E-state index contributed by atoms with van der Waals surface area (Å²) in [4.78, 5) is 6.25. The number of hydrogen-bond acceptors (Lipinski definition) is 4. The van der Waals surface area contributed by atoms with Crippen LogP contribution < -0.4 is 10.6 Å². The van der Waals surface area contributed by atoms with Crippen LogP contribution in [-0.2, 0) is 0 Å². The molecule has 0 spiro atoms. The molecule has 2 rings (SSSR count). The van der Waals surface area contributed by atoms with Crippen LogP contribution in [0.3, 0.4) is 0 Å². The second-order valence-corrected chi connectivity index (χ2v) is 5.33. The van der Waals surface area contributed by atoms with Crippen LogP contribution in [0.1, 0.15) is 19.8 Å². The Morgan fingerprint density at radius 3 is 2.65 bits per heavy atom. The summed E-state index contributed by atoms with van der Waals surface area (Å²) in [7, 11) is 2.09. The van der Waals surface area contributed by atoms with Gasteiger partial charge in [0.15, 0.2) is 23.3 Å². The van der Waals surface area contributed by atoms with Crippen LogP contribution in [-0.4, -0.2) is 43.1 Å². The summed E-state index contributed by atoms with van der Waals surface area (Å²) in [6.45, 7) is 5.16. The molecule has 2 N–H and O–H groups in total. The van der Waals surface area contributed by atoms with Crippen molar-refractivity contribution in [2.75, 3.05) is 43.9 Å². The molecule has 0 bridgehead atoms. The predicted molar refractivity (Wildman–Crippen MR) is 77.0 cm³/mol. The van der Waals surface area contributed by atoms with Gasteiger partial charge in [0.2, 0.25) is 0 Å². The highest BCUT2D eigenvalue weighted by Gasteiger charge is 2.18. The molecule has 0 aliphatic carbocycles. The van der Waals surface area contributed by atoms with Gasteiger partial charge in [0.05, 0.1) is 0 Å². The predicted octanol–water partition coefficient (Wildman–Crippen LogP) is 2.55. The quantitative estimate of drug-likeness (QED) is 0.872. The Bertz CT molecular complexity index is 453. The highest BCUT2D eigenvalue weighted by atomic mass is 19.1. The van der Waals surface area contributed by atoms with Gasteiger partial charge < -0.3 is 15.5 Å². The van der Waals surface area contributed by atoms with Gasteiger partial charge >= 0.3 is 0 Å². The van der Waals surface area contributed by atoms with Crippen molar-refractivity contribution >= 4 is 11.6 Å². The van der Waals surface area contributed by atoms with E-state index in [0.717, 1.165) is 32.0 Å². The van der Waals surface area contributed by atoms with Crippen molar-refractivity contribution in [1.29, 1.82) is 0 Å². The first-order valence-corrected chi connectivity index (χ1v) is 7.12. The van der Waals surface area contributed by atoms with Gasteiger partial charge in [0.1, 0.15) is 0 Å². The van der Waals surface area contributed by atoms with Crippen molar-refractivity contribution in [1.82, 2.24) is 9.88 Å². The topological polar surface area (TPSA) is 40.2 Å². The average Bonchev–Trinajstić information content (AvgIpc) is 2.41. The lowest BCUT2D eigenvalue weighted by molar-refractivity contribution is 0.217.